The average molecular weight is 580 g/mol. The molecule has 6 atom stereocenters. The molecule has 42 heavy (non-hydrogen) atoms. The van der Waals surface area contributed by atoms with Gasteiger partial charge >= 0.3 is 5.97 Å². The number of rotatable bonds is 5. The highest BCUT2D eigenvalue weighted by Gasteiger charge is 2.71. The summed E-state index contributed by atoms with van der Waals surface area (Å²) in [6.45, 7) is 6.40. The number of ether oxygens (including phenoxy) is 2. The third-order valence-electron chi connectivity index (χ3n) is 8.68. The molecule has 4 aliphatic rings. The Kier molecular flexibility index (Phi) is 8.57. The third-order valence-corrected chi connectivity index (χ3v) is 8.68. The van der Waals surface area contributed by atoms with Crippen molar-refractivity contribution in [3.8, 4) is 0 Å². The van der Waals surface area contributed by atoms with Gasteiger partial charge in [0.15, 0.2) is 0 Å². The van der Waals surface area contributed by atoms with Crippen molar-refractivity contribution in [2.45, 2.75) is 75.8 Å². The predicted octanol–water partition coefficient (Wildman–Crippen LogP) is 2.29. The quantitative estimate of drug-likeness (QED) is 0.312. The molecule has 0 aromatic heterocycles. The van der Waals surface area contributed by atoms with Crippen molar-refractivity contribution in [3.05, 3.63) is 60.2 Å². The van der Waals surface area contributed by atoms with Crippen LogP contribution in [0.1, 0.15) is 58.1 Å². The topological polar surface area (TPSA) is 125 Å². The van der Waals surface area contributed by atoms with Crippen LogP contribution in [0.3, 0.4) is 0 Å². The molecular formula is C32H41N3O7. The van der Waals surface area contributed by atoms with Crippen molar-refractivity contribution in [3.63, 3.8) is 0 Å². The third kappa shape index (κ3) is 5.49. The van der Waals surface area contributed by atoms with E-state index < -0.39 is 47.1 Å². The van der Waals surface area contributed by atoms with Crippen LogP contribution >= 0.6 is 0 Å². The molecule has 1 spiro atoms. The van der Waals surface area contributed by atoms with Gasteiger partial charge in [0, 0.05) is 31.7 Å². The van der Waals surface area contributed by atoms with Crippen molar-refractivity contribution in [1.29, 1.82) is 0 Å². The largest absolute Gasteiger partial charge is 0.463 e. The van der Waals surface area contributed by atoms with E-state index in [4.69, 9.17) is 9.47 Å². The average Bonchev–Trinajstić information content (AvgIpc) is 3.32. The number of likely N-dealkylation sites (tertiary alicyclic amines) is 1. The molecule has 0 aliphatic carbocycles. The van der Waals surface area contributed by atoms with E-state index in [0.29, 0.717) is 25.8 Å². The second-order valence-electron chi connectivity index (χ2n) is 12.4. The van der Waals surface area contributed by atoms with Crippen LogP contribution in [0.5, 0.6) is 0 Å². The summed E-state index contributed by atoms with van der Waals surface area (Å²) in [4.78, 5) is 58.5. The molecule has 10 nitrogen and oxygen atoms in total. The molecule has 1 aromatic rings. The van der Waals surface area contributed by atoms with Gasteiger partial charge in [0.1, 0.15) is 18.2 Å². The van der Waals surface area contributed by atoms with E-state index >= 15 is 0 Å². The lowest BCUT2D eigenvalue weighted by Crippen LogP contribution is -2.58. The monoisotopic (exact) mass is 579 g/mol. The zero-order valence-corrected chi connectivity index (χ0v) is 24.5. The van der Waals surface area contributed by atoms with Gasteiger partial charge in [0.2, 0.25) is 17.7 Å². The number of nitrogens with zero attached hydrogens (tertiary/aromatic N) is 2. The molecule has 4 heterocycles. The lowest BCUT2D eigenvalue weighted by Gasteiger charge is -2.40. The first-order valence-corrected chi connectivity index (χ1v) is 14.8. The van der Waals surface area contributed by atoms with Gasteiger partial charge in [0.05, 0.1) is 24.0 Å². The number of esters is 1. The number of aliphatic hydroxyl groups is 1. The number of allylic oxidation sites excluding steroid dienone is 1. The summed E-state index contributed by atoms with van der Waals surface area (Å²) in [7, 11) is 0. The molecule has 1 aromatic carbocycles. The maximum Gasteiger partial charge on any atom is 0.306 e. The number of unbranched alkanes of at least 4 members (excludes halogenated alkanes) is 1. The minimum absolute atomic E-state index is 0.0247. The van der Waals surface area contributed by atoms with Gasteiger partial charge in [-0.3, -0.25) is 19.2 Å². The fourth-order valence-corrected chi connectivity index (χ4v) is 6.68. The van der Waals surface area contributed by atoms with Gasteiger partial charge < -0.3 is 29.7 Å². The molecule has 2 N–H and O–H groups in total. The van der Waals surface area contributed by atoms with Gasteiger partial charge in [-0.25, -0.2) is 0 Å². The number of benzene rings is 1. The number of cyclic esters (lactones) is 1. The van der Waals surface area contributed by atoms with Crippen molar-refractivity contribution in [2.24, 2.45) is 11.8 Å². The normalized spacial score (nSPS) is 32.6. The molecule has 3 amide bonds. The Morgan fingerprint density at radius 1 is 1.05 bits per heavy atom. The molecule has 2 fully saturated rings. The summed E-state index contributed by atoms with van der Waals surface area (Å²) in [5.74, 6) is -3.16. The molecule has 2 saturated heterocycles. The Hall–Kier alpha value is -3.50. The standard InChI is InChI=1S/C32H41N3O7/c1-31(2,3)35-18-11-16-32-26(29(39)34(17-9-10-19-36)27(32)30(35)40)25-23(42-32)14-7-8-15-24(37)41-20-22(33-28(25)38)21-12-5-4-6-13-21/h4-7,11-14,16,22-23,25-27,36H,8-10,15,17-20H2,1-3H3,(H,33,38)/b14-7-/t22-,23+,25-,26-,27+,32-/m0/s1. The molecule has 0 bridgehead atoms. The van der Waals surface area contributed by atoms with Gasteiger partial charge in [0.25, 0.3) is 0 Å². The van der Waals surface area contributed by atoms with Crippen LogP contribution in [-0.2, 0) is 28.7 Å². The summed E-state index contributed by atoms with van der Waals surface area (Å²) >= 11 is 0. The Balaban J connectivity index is 1.58. The number of nitrogens with one attached hydrogen (secondary N) is 1. The van der Waals surface area contributed by atoms with Crippen molar-refractivity contribution >= 4 is 23.7 Å². The van der Waals surface area contributed by atoms with E-state index in [9.17, 15) is 24.3 Å². The van der Waals surface area contributed by atoms with Crippen LogP contribution in [-0.4, -0.2) is 88.2 Å². The maximum absolute atomic E-state index is 14.3. The highest BCUT2D eigenvalue weighted by Crippen LogP contribution is 2.53. The molecule has 10 heteroatoms. The van der Waals surface area contributed by atoms with E-state index in [0.717, 1.165) is 5.56 Å². The molecule has 0 radical (unpaired) electrons. The van der Waals surface area contributed by atoms with E-state index in [1.54, 1.807) is 22.0 Å². The van der Waals surface area contributed by atoms with E-state index in [2.05, 4.69) is 5.32 Å². The van der Waals surface area contributed by atoms with Crippen LogP contribution < -0.4 is 5.32 Å². The Morgan fingerprint density at radius 2 is 1.81 bits per heavy atom. The van der Waals surface area contributed by atoms with Crippen LogP contribution in [0.15, 0.2) is 54.6 Å². The Bertz CT molecular complexity index is 1260. The molecular weight excluding hydrogens is 538 g/mol. The van der Waals surface area contributed by atoms with Crippen LogP contribution in [0.4, 0.5) is 0 Å². The minimum Gasteiger partial charge on any atom is -0.463 e. The SMILES string of the molecule is CC(C)(C)N1CC=C[C@]23O[C@@H]4/C=C\CCC(=O)OC[C@@H](c5ccccc5)NC(=O)[C@@H]4[C@H]2C(=O)N(CCCCO)[C@@H]3C1=O. The van der Waals surface area contributed by atoms with Crippen LogP contribution in [0, 0.1) is 11.8 Å². The number of amides is 3. The summed E-state index contributed by atoms with van der Waals surface area (Å²) in [5.41, 5.74) is -1.09. The Morgan fingerprint density at radius 3 is 2.52 bits per heavy atom. The molecule has 0 unspecified atom stereocenters. The second-order valence-corrected chi connectivity index (χ2v) is 12.4. The first-order valence-electron chi connectivity index (χ1n) is 14.8. The number of carbonyl (C=O) groups is 4. The highest BCUT2D eigenvalue weighted by atomic mass is 16.5. The summed E-state index contributed by atoms with van der Waals surface area (Å²) in [5, 5.41) is 12.5. The number of hydrogen-bond donors (Lipinski definition) is 2. The first kappa shape index (κ1) is 30.0. The molecule has 226 valence electrons. The zero-order valence-electron chi connectivity index (χ0n) is 24.5. The van der Waals surface area contributed by atoms with Crippen LogP contribution in [0.2, 0.25) is 0 Å². The highest BCUT2D eigenvalue weighted by molar-refractivity contribution is 6.00. The fraction of sp³-hybridized carbons (Fsp3) is 0.562. The summed E-state index contributed by atoms with van der Waals surface area (Å²) < 4.78 is 12.2. The van der Waals surface area contributed by atoms with Gasteiger partial charge in [-0.2, -0.15) is 0 Å². The van der Waals surface area contributed by atoms with E-state index in [1.807, 2.05) is 63.3 Å². The number of carbonyl (C=O) groups excluding carboxylic acids is 4. The van der Waals surface area contributed by atoms with E-state index in [-0.39, 0.29) is 44.0 Å². The predicted molar refractivity (Wildman–Crippen MR) is 154 cm³/mol. The number of fused-ring (bicyclic) bond motifs is 2. The summed E-state index contributed by atoms with van der Waals surface area (Å²) in [6, 6.07) is 7.67. The number of hydrogen-bond acceptors (Lipinski definition) is 7. The van der Waals surface area contributed by atoms with E-state index in [1.165, 1.54) is 0 Å². The molecule has 0 saturated carbocycles. The first-order chi connectivity index (χ1) is 20.1. The minimum atomic E-state index is -1.35. The lowest BCUT2D eigenvalue weighted by molar-refractivity contribution is -0.151. The van der Waals surface area contributed by atoms with Crippen molar-refractivity contribution < 1.29 is 33.8 Å². The number of aliphatic hydroxyl groups excluding tert-OH is 1. The smallest absolute Gasteiger partial charge is 0.306 e. The maximum atomic E-state index is 14.3. The zero-order chi connectivity index (χ0) is 30.1. The lowest BCUT2D eigenvalue weighted by atomic mass is 9.77. The summed E-state index contributed by atoms with van der Waals surface area (Å²) in [6.07, 6.45) is 7.97. The fourth-order valence-electron chi connectivity index (χ4n) is 6.68. The Labute approximate surface area is 246 Å². The van der Waals surface area contributed by atoms with Gasteiger partial charge in [-0.05, 0) is 45.6 Å². The van der Waals surface area contributed by atoms with Crippen molar-refractivity contribution in [1.82, 2.24) is 15.1 Å². The second kappa shape index (κ2) is 12.0. The van der Waals surface area contributed by atoms with Gasteiger partial charge in [-0.15, -0.1) is 0 Å². The van der Waals surface area contributed by atoms with Crippen molar-refractivity contribution in [2.75, 3.05) is 26.3 Å². The molecule has 5 rings (SSSR count). The molecule has 4 aliphatic heterocycles. The van der Waals surface area contributed by atoms with Gasteiger partial charge in [-0.1, -0.05) is 54.6 Å². The van der Waals surface area contributed by atoms with Crippen LogP contribution in [0.25, 0.3) is 0 Å².